The number of hydrogen-bond donors (Lipinski definition) is 0. The number of rotatable bonds is 9. The van der Waals surface area contributed by atoms with Crippen LogP contribution in [0.25, 0.3) is 11.0 Å². The van der Waals surface area contributed by atoms with Crippen LogP contribution in [0.3, 0.4) is 0 Å². The van der Waals surface area contributed by atoms with Crippen LogP contribution in [0.4, 0.5) is 0 Å². The highest BCUT2D eigenvalue weighted by Gasteiger charge is 2.42. The van der Waals surface area contributed by atoms with E-state index in [1.165, 1.54) is 0 Å². The van der Waals surface area contributed by atoms with E-state index in [-0.39, 0.29) is 17.1 Å². The number of amides is 1. The van der Waals surface area contributed by atoms with Gasteiger partial charge in [0.15, 0.2) is 16.9 Å². The lowest BCUT2D eigenvalue weighted by atomic mass is 9.97. The molecule has 1 fully saturated rings. The minimum Gasteiger partial charge on any atom is -0.493 e. The zero-order valence-electron chi connectivity index (χ0n) is 22.6. The van der Waals surface area contributed by atoms with Gasteiger partial charge in [0.25, 0.3) is 5.91 Å². The highest BCUT2D eigenvalue weighted by atomic mass is 16.5. The van der Waals surface area contributed by atoms with Gasteiger partial charge in [-0.3, -0.25) is 14.5 Å². The van der Waals surface area contributed by atoms with E-state index in [2.05, 4.69) is 18.7 Å². The first-order valence-electron chi connectivity index (χ1n) is 13.4. The molecule has 2 aliphatic rings. The summed E-state index contributed by atoms with van der Waals surface area (Å²) >= 11 is 0. The predicted molar refractivity (Wildman–Crippen MR) is 145 cm³/mol. The number of fused-ring (bicyclic) bond motifs is 2. The summed E-state index contributed by atoms with van der Waals surface area (Å²) in [5.74, 6) is 1.43. The van der Waals surface area contributed by atoms with Gasteiger partial charge in [0.2, 0.25) is 5.76 Å². The molecule has 202 valence electrons. The lowest BCUT2D eigenvalue weighted by molar-refractivity contribution is 0.0353. The summed E-state index contributed by atoms with van der Waals surface area (Å²) in [4.78, 5) is 31.7. The molecule has 2 aliphatic heterocycles. The first kappa shape index (κ1) is 26.3. The summed E-state index contributed by atoms with van der Waals surface area (Å²) in [7, 11) is 1.60. The Hall–Kier alpha value is -3.36. The van der Waals surface area contributed by atoms with Crippen molar-refractivity contribution in [2.75, 3.05) is 53.1 Å². The topological polar surface area (TPSA) is 81.5 Å². The van der Waals surface area contributed by atoms with Crippen molar-refractivity contribution < 1.29 is 23.4 Å². The maximum atomic E-state index is 13.9. The van der Waals surface area contributed by atoms with Gasteiger partial charge in [-0.05, 0) is 49.1 Å². The minimum atomic E-state index is -0.573. The van der Waals surface area contributed by atoms with Gasteiger partial charge in [-0.15, -0.1) is 0 Å². The van der Waals surface area contributed by atoms with E-state index in [0.29, 0.717) is 47.1 Å². The maximum absolute atomic E-state index is 13.9. The van der Waals surface area contributed by atoms with E-state index < -0.39 is 6.04 Å². The fourth-order valence-corrected chi connectivity index (χ4v) is 5.23. The van der Waals surface area contributed by atoms with Crippen LogP contribution in [0.2, 0.25) is 0 Å². The van der Waals surface area contributed by atoms with E-state index in [9.17, 15) is 9.59 Å². The van der Waals surface area contributed by atoms with E-state index in [1.807, 2.05) is 37.3 Å². The third kappa shape index (κ3) is 5.15. The molecule has 5 rings (SSSR count). The van der Waals surface area contributed by atoms with Crippen LogP contribution in [0.5, 0.6) is 11.5 Å². The second-order valence-electron chi connectivity index (χ2n) is 10.5. The number of ether oxygens (including phenoxy) is 3. The average Bonchev–Trinajstić information content (AvgIpc) is 3.20. The van der Waals surface area contributed by atoms with Gasteiger partial charge in [-0.2, -0.15) is 0 Å². The molecule has 0 spiro atoms. The molecule has 38 heavy (non-hydrogen) atoms. The molecule has 1 unspecified atom stereocenters. The Kier molecular flexibility index (Phi) is 7.72. The molecule has 0 radical (unpaired) electrons. The first-order valence-corrected chi connectivity index (χ1v) is 13.4. The molecule has 3 aromatic rings. The van der Waals surface area contributed by atoms with Gasteiger partial charge in [0, 0.05) is 26.2 Å². The molecule has 1 atom stereocenters. The Labute approximate surface area is 223 Å². The van der Waals surface area contributed by atoms with Gasteiger partial charge in [0.05, 0.1) is 43.9 Å². The zero-order valence-corrected chi connectivity index (χ0v) is 22.6. The molecule has 1 amide bonds. The lowest BCUT2D eigenvalue weighted by Crippen LogP contribution is -2.38. The second kappa shape index (κ2) is 11.2. The molecule has 2 aromatic carbocycles. The van der Waals surface area contributed by atoms with Gasteiger partial charge in [0.1, 0.15) is 5.58 Å². The molecule has 0 aliphatic carbocycles. The smallest absolute Gasteiger partial charge is 0.290 e. The molecule has 0 N–H and O–H groups in total. The molecule has 8 nitrogen and oxygen atoms in total. The Morgan fingerprint density at radius 1 is 1.03 bits per heavy atom. The van der Waals surface area contributed by atoms with E-state index in [0.717, 1.165) is 50.4 Å². The summed E-state index contributed by atoms with van der Waals surface area (Å²) in [5.41, 5.74) is 2.39. The van der Waals surface area contributed by atoms with Crippen LogP contribution in [0.15, 0.2) is 45.6 Å². The van der Waals surface area contributed by atoms with Crippen molar-refractivity contribution >= 4 is 16.9 Å². The fraction of sp³-hybridized carbons (Fsp3) is 0.467. The van der Waals surface area contributed by atoms with Crippen LogP contribution in [0, 0.1) is 12.8 Å². The number of morpholine rings is 1. The van der Waals surface area contributed by atoms with Crippen LogP contribution in [0.1, 0.15) is 53.6 Å². The highest BCUT2D eigenvalue weighted by molar-refractivity contribution is 5.99. The monoisotopic (exact) mass is 520 g/mol. The van der Waals surface area contributed by atoms with Crippen molar-refractivity contribution in [3.63, 3.8) is 0 Å². The normalized spacial score (nSPS) is 17.9. The summed E-state index contributed by atoms with van der Waals surface area (Å²) in [6, 6.07) is 10.6. The van der Waals surface area contributed by atoms with E-state index >= 15 is 0 Å². The maximum Gasteiger partial charge on any atom is 0.290 e. The summed E-state index contributed by atoms with van der Waals surface area (Å²) in [6.45, 7) is 11.2. The second-order valence-corrected chi connectivity index (χ2v) is 10.5. The molecular formula is C30H36N2O6. The molecular weight excluding hydrogens is 484 g/mol. The number of methoxy groups -OCH3 is 1. The predicted octanol–water partition coefficient (Wildman–Crippen LogP) is 4.41. The number of carbonyl (C=O) groups excluding carboxylic acids is 1. The molecule has 1 aromatic heterocycles. The number of carbonyl (C=O) groups is 1. The summed E-state index contributed by atoms with van der Waals surface area (Å²) in [6.07, 6.45) is 0.774. The number of aryl methyl sites for hydroxylation is 1. The van der Waals surface area contributed by atoms with Crippen LogP contribution in [-0.2, 0) is 4.74 Å². The lowest BCUT2D eigenvalue weighted by Gasteiger charge is -2.29. The Balaban J connectivity index is 1.54. The standard InChI is InChI=1S/C30H36N2O6/c1-19(2)18-37-24-9-7-21(17-25(24)35-4)27-26-28(33)22-16-20(3)6-8-23(22)38-29(26)30(34)32(27)11-5-10-31-12-14-36-15-13-31/h6-9,16-17,19,27H,5,10-15,18H2,1-4H3. The van der Waals surface area contributed by atoms with Crippen LogP contribution < -0.4 is 14.9 Å². The van der Waals surface area contributed by atoms with Gasteiger partial charge < -0.3 is 23.5 Å². The van der Waals surface area contributed by atoms with E-state index in [4.69, 9.17) is 18.6 Å². The van der Waals surface area contributed by atoms with E-state index in [1.54, 1.807) is 18.1 Å². The van der Waals surface area contributed by atoms with Crippen LogP contribution >= 0.6 is 0 Å². The molecule has 1 saturated heterocycles. The Morgan fingerprint density at radius 2 is 1.82 bits per heavy atom. The van der Waals surface area contributed by atoms with Gasteiger partial charge in [-0.25, -0.2) is 0 Å². The summed E-state index contributed by atoms with van der Waals surface area (Å²) < 4.78 is 23.2. The molecule has 0 bridgehead atoms. The minimum absolute atomic E-state index is 0.127. The zero-order chi connectivity index (χ0) is 26.8. The Morgan fingerprint density at radius 3 is 2.55 bits per heavy atom. The van der Waals surface area contributed by atoms with Crippen LogP contribution in [-0.4, -0.2) is 68.8 Å². The fourth-order valence-electron chi connectivity index (χ4n) is 5.23. The quantitative estimate of drug-likeness (QED) is 0.413. The number of nitrogens with zero attached hydrogens (tertiary/aromatic N) is 2. The highest BCUT2D eigenvalue weighted by Crippen LogP contribution is 2.41. The Bertz CT molecular complexity index is 1380. The molecule has 0 saturated carbocycles. The van der Waals surface area contributed by atoms with Crippen molar-refractivity contribution in [2.45, 2.75) is 33.2 Å². The van der Waals surface area contributed by atoms with Crippen molar-refractivity contribution in [1.29, 1.82) is 0 Å². The third-order valence-corrected chi connectivity index (χ3v) is 7.17. The molecule has 3 heterocycles. The molecule has 8 heteroatoms. The van der Waals surface area contributed by atoms with Crippen molar-refractivity contribution in [3.05, 3.63) is 69.1 Å². The summed E-state index contributed by atoms with van der Waals surface area (Å²) in [5, 5.41) is 0.487. The van der Waals surface area contributed by atoms with Crippen molar-refractivity contribution in [3.8, 4) is 11.5 Å². The first-order chi connectivity index (χ1) is 18.4. The third-order valence-electron chi connectivity index (χ3n) is 7.17. The number of hydrogen-bond acceptors (Lipinski definition) is 7. The van der Waals surface area contributed by atoms with Crippen molar-refractivity contribution in [2.24, 2.45) is 5.92 Å². The van der Waals surface area contributed by atoms with Crippen molar-refractivity contribution in [1.82, 2.24) is 9.80 Å². The SMILES string of the molecule is COc1cc(C2c3c(oc4ccc(C)cc4c3=O)C(=O)N2CCCN2CCOCC2)ccc1OCC(C)C. The average molecular weight is 521 g/mol. The van der Waals surface area contributed by atoms with Gasteiger partial charge >= 0.3 is 0 Å². The largest absolute Gasteiger partial charge is 0.493 e. The van der Waals surface area contributed by atoms with Gasteiger partial charge in [-0.1, -0.05) is 31.5 Å². The number of benzene rings is 2.